The summed E-state index contributed by atoms with van der Waals surface area (Å²) >= 11 is 0. The zero-order chi connectivity index (χ0) is 14.7. The van der Waals surface area contributed by atoms with Crippen molar-refractivity contribution in [3.63, 3.8) is 0 Å². The number of benzene rings is 3. The average Bonchev–Trinajstić information content (AvgIpc) is 2.58. The lowest BCUT2D eigenvalue weighted by molar-refractivity contribution is 0.0688. The molecule has 1 amide bonds. The molecule has 0 radical (unpaired) electrons. The molecule has 3 aromatic carbocycles. The second kappa shape index (κ2) is 4.20. The van der Waals surface area contributed by atoms with Crippen LogP contribution in [0.25, 0.3) is 10.8 Å². The van der Waals surface area contributed by atoms with Gasteiger partial charge in [-0.1, -0.05) is 54.6 Å². The van der Waals surface area contributed by atoms with Crippen LogP contribution in [0.15, 0.2) is 60.7 Å². The molecular formula is C20H15NO. The number of nitrogens with zero attached hydrogens (tertiary/aromatic N) is 1. The molecule has 0 saturated carbocycles. The maximum absolute atomic E-state index is 13.0. The highest BCUT2D eigenvalue weighted by molar-refractivity contribution is 6.11. The Morgan fingerprint density at radius 2 is 1.64 bits per heavy atom. The number of amides is 1. The fourth-order valence-corrected chi connectivity index (χ4v) is 4.05. The summed E-state index contributed by atoms with van der Waals surface area (Å²) in [5.41, 5.74) is 4.76. The molecule has 2 aliphatic heterocycles. The van der Waals surface area contributed by atoms with Crippen LogP contribution in [0.2, 0.25) is 0 Å². The van der Waals surface area contributed by atoms with Gasteiger partial charge in [-0.3, -0.25) is 4.79 Å². The van der Waals surface area contributed by atoms with Gasteiger partial charge in [0.05, 0.1) is 6.04 Å². The van der Waals surface area contributed by atoms with E-state index in [9.17, 15) is 4.79 Å². The van der Waals surface area contributed by atoms with Crippen molar-refractivity contribution in [3.05, 3.63) is 82.9 Å². The molecule has 2 heteroatoms. The number of hydrogen-bond acceptors (Lipinski definition) is 1. The van der Waals surface area contributed by atoms with E-state index in [-0.39, 0.29) is 11.9 Å². The first-order valence-electron chi connectivity index (χ1n) is 7.75. The Morgan fingerprint density at radius 3 is 2.55 bits per heavy atom. The van der Waals surface area contributed by atoms with Crippen LogP contribution in [0.1, 0.15) is 33.1 Å². The smallest absolute Gasteiger partial charge is 0.255 e. The first-order chi connectivity index (χ1) is 10.8. The molecule has 1 atom stereocenters. The van der Waals surface area contributed by atoms with Gasteiger partial charge in [0.15, 0.2) is 0 Å². The van der Waals surface area contributed by atoms with Crippen LogP contribution in [0.4, 0.5) is 0 Å². The Hall–Kier alpha value is -2.61. The van der Waals surface area contributed by atoms with Gasteiger partial charge in [-0.2, -0.15) is 0 Å². The minimum absolute atomic E-state index is 0.0658. The summed E-state index contributed by atoms with van der Waals surface area (Å²) in [7, 11) is 0. The fourth-order valence-electron chi connectivity index (χ4n) is 4.05. The lowest BCUT2D eigenvalue weighted by Gasteiger charge is -2.41. The predicted molar refractivity (Wildman–Crippen MR) is 87.0 cm³/mol. The van der Waals surface area contributed by atoms with Crippen LogP contribution in [-0.4, -0.2) is 17.4 Å². The molecule has 0 aliphatic carbocycles. The molecule has 0 saturated heterocycles. The van der Waals surface area contributed by atoms with E-state index in [0.717, 1.165) is 29.3 Å². The highest BCUT2D eigenvalue weighted by Gasteiger charge is 2.37. The molecule has 2 heterocycles. The standard InChI is InChI=1S/C20H15NO/c22-20-17-10-4-7-14-6-3-9-16(18(14)17)19-15-8-2-1-5-13(15)11-12-21(19)20/h1-10,19H,11-12H2. The zero-order valence-electron chi connectivity index (χ0n) is 12.1. The summed E-state index contributed by atoms with van der Waals surface area (Å²) in [6, 6.07) is 21.0. The van der Waals surface area contributed by atoms with E-state index >= 15 is 0 Å². The maximum atomic E-state index is 13.0. The van der Waals surface area contributed by atoms with Crippen molar-refractivity contribution < 1.29 is 4.79 Å². The molecule has 0 fully saturated rings. The van der Waals surface area contributed by atoms with Gasteiger partial charge in [-0.25, -0.2) is 0 Å². The maximum Gasteiger partial charge on any atom is 0.255 e. The summed E-state index contributed by atoms with van der Waals surface area (Å²) < 4.78 is 0. The molecule has 0 N–H and O–H groups in total. The predicted octanol–water partition coefficient (Wildman–Crippen LogP) is 3.94. The fraction of sp³-hybridized carbons (Fsp3) is 0.150. The van der Waals surface area contributed by atoms with E-state index in [1.165, 1.54) is 16.7 Å². The van der Waals surface area contributed by atoms with E-state index in [4.69, 9.17) is 0 Å². The molecular weight excluding hydrogens is 270 g/mol. The lowest BCUT2D eigenvalue weighted by Crippen LogP contribution is -2.43. The van der Waals surface area contributed by atoms with Gasteiger partial charge in [0.25, 0.3) is 5.91 Å². The summed E-state index contributed by atoms with van der Waals surface area (Å²) in [5, 5.41) is 2.29. The molecule has 2 nitrogen and oxygen atoms in total. The Labute approximate surface area is 129 Å². The van der Waals surface area contributed by atoms with Crippen molar-refractivity contribution in [2.45, 2.75) is 12.5 Å². The number of fused-ring (bicyclic) bond motifs is 4. The quantitative estimate of drug-likeness (QED) is 0.612. The average molecular weight is 285 g/mol. The summed E-state index contributed by atoms with van der Waals surface area (Å²) in [5.74, 6) is 0.170. The van der Waals surface area contributed by atoms with Crippen LogP contribution in [0, 0.1) is 0 Å². The van der Waals surface area contributed by atoms with Crippen molar-refractivity contribution in [1.82, 2.24) is 4.90 Å². The van der Waals surface area contributed by atoms with E-state index < -0.39 is 0 Å². The Morgan fingerprint density at radius 1 is 0.864 bits per heavy atom. The van der Waals surface area contributed by atoms with Crippen LogP contribution in [0.3, 0.4) is 0 Å². The zero-order valence-corrected chi connectivity index (χ0v) is 12.1. The summed E-state index contributed by atoms with van der Waals surface area (Å²) in [6.07, 6.45) is 0.941. The summed E-state index contributed by atoms with van der Waals surface area (Å²) in [6.45, 7) is 0.797. The van der Waals surface area contributed by atoms with Crippen molar-refractivity contribution in [2.75, 3.05) is 6.54 Å². The summed E-state index contributed by atoms with van der Waals surface area (Å²) in [4.78, 5) is 15.0. The molecule has 0 aromatic heterocycles. The van der Waals surface area contributed by atoms with Crippen molar-refractivity contribution in [3.8, 4) is 0 Å². The minimum atomic E-state index is 0.0658. The van der Waals surface area contributed by atoms with Gasteiger partial charge in [-0.05, 0) is 34.6 Å². The highest BCUT2D eigenvalue weighted by Crippen LogP contribution is 2.43. The van der Waals surface area contributed by atoms with Crippen LogP contribution < -0.4 is 0 Å². The molecule has 0 spiro atoms. The van der Waals surface area contributed by atoms with Crippen molar-refractivity contribution in [2.24, 2.45) is 0 Å². The van der Waals surface area contributed by atoms with Gasteiger partial charge in [0.1, 0.15) is 0 Å². The normalized spacial score (nSPS) is 19.0. The second-order valence-electron chi connectivity index (χ2n) is 6.10. The van der Waals surface area contributed by atoms with E-state index in [1.54, 1.807) is 0 Å². The Bertz CT molecular complexity index is 923. The number of rotatable bonds is 0. The molecule has 106 valence electrons. The largest absolute Gasteiger partial charge is 0.327 e. The molecule has 5 rings (SSSR count). The SMILES string of the molecule is O=C1c2cccc3cccc(c23)C2c3ccccc3CCN12. The molecule has 22 heavy (non-hydrogen) atoms. The van der Waals surface area contributed by atoms with Gasteiger partial charge >= 0.3 is 0 Å². The van der Waals surface area contributed by atoms with Gasteiger partial charge in [0.2, 0.25) is 0 Å². The highest BCUT2D eigenvalue weighted by atomic mass is 16.2. The minimum Gasteiger partial charge on any atom is -0.327 e. The Balaban J connectivity index is 1.89. The van der Waals surface area contributed by atoms with Crippen LogP contribution >= 0.6 is 0 Å². The third kappa shape index (κ3) is 1.42. The molecule has 3 aromatic rings. The lowest BCUT2D eigenvalue weighted by atomic mass is 9.81. The second-order valence-corrected chi connectivity index (χ2v) is 6.10. The molecule has 0 bridgehead atoms. The van der Waals surface area contributed by atoms with Crippen LogP contribution in [0.5, 0.6) is 0 Å². The number of carbonyl (C=O) groups excluding carboxylic acids is 1. The third-order valence-corrected chi connectivity index (χ3v) is 5.01. The Kier molecular flexibility index (Phi) is 2.29. The van der Waals surface area contributed by atoms with Crippen molar-refractivity contribution >= 4 is 16.7 Å². The van der Waals surface area contributed by atoms with Crippen LogP contribution in [-0.2, 0) is 6.42 Å². The number of hydrogen-bond donors (Lipinski definition) is 0. The first-order valence-corrected chi connectivity index (χ1v) is 7.75. The van der Waals surface area contributed by atoms with E-state index in [1.807, 2.05) is 17.0 Å². The molecule has 1 unspecified atom stereocenters. The molecule has 2 aliphatic rings. The van der Waals surface area contributed by atoms with Gasteiger partial charge in [-0.15, -0.1) is 0 Å². The number of carbonyl (C=O) groups is 1. The third-order valence-electron chi connectivity index (χ3n) is 5.01. The first kappa shape index (κ1) is 12.0. The topological polar surface area (TPSA) is 20.3 Å². The monoisotopic (exact) mass is 285 g/mol. The van der Waals surface area contributed by atoms with E-state index in [2.05, 4.69) is 48.5 Å². The van der Waals surface area contributed by atoms with Crippen molar-refractivity contribution in [1.29, 1.82) is 0 Å². The van der Waals surface area contributed by atoms with Gasteiger partial charge in [0, 0.05) is 17.5 Å². The van der Waals surface area contributed by atoms with Gasteiger partial charge < -0.3 is 4.90 Å². The van der Waals surface area contributed by atoms with E-state index in [0.29, 0.717) is 0 Å².